The molecule has 1 atom stereocenters. The Bertz CT molecular complexity index is 710. The van der Waals surface area contributed by atoms with Gasteiger partial charge in [0.15, 0.2) is 0 Å². The van der Waals surface area contributed by atoms with E-state index in [0.29, 0.717) is 17.1 Å². The maximum absolute atomic E-state index is 12.5. The van der Waals surface area contributed by atoms with Crippen LogP contribution in [0.15, 0.2) is 36.5 Å². The summed E-state index contributed by atoms with van der Waals surface area (Å²) in [5.41, 5.74) is 2.24. The van der Waals surface area contributed by atoms with Gasteiger partial charge in [0.05, 0.1) is 5.02 Å². The molecule has 108 valence electrons. The lowest BCUT2D eigenvalue weighted by Gasteiger charge is -2.34. The summed E-state index contributed by atoms with van der Waals surface area (Å²) >= 11 is 5.81. The van der Waals surface area contributed by atoms with Crippen molar-refractivity contribution in [3.8, 4) is 0 Å². The zero-order chi connectivity index (χ0) is 15.0. The van der Waals surface area contributed by atoms with Gasteiger partial charge in [-0.15, -0.1) is 0 Å². The smallest absolute Gasteiger partial charge is 0.326 e. The third-order valence-corrected chi connectivity index (χ3v) is 3.89. The molecule has 2 heterocycles. The minimum absolute atomic E-state index is 0.280. The number of H-pyrrole nitrogens is 1. The van der Waals surface area contributed by atoms with Gasteiger partial charge < -0.3 is 15.0 Å². The van der Waals surface area contributed by atoms with E-state index < -0.39 is 12.0 Å². The van der Waals surface area contributed by atoms with Crippen LogP contribution in [0, 0.1) is 0 Å². The Morgan fingerprint density at radius 3 is 2.62 bits per heavy atom. The van der Waals surface area contributed by atoms with E-state index in [1.165, 1.54) is 17.2 Å². The molecule has 0 bridgehead atoms. The number of aliphatic carboxylic acids is 1. The normalized spacial score (nSPS) is 17.4. The van der Waals surface area contributed by atoms with Crippen molar-refractivity contribution in [3.63, 3.8) is 0 Å². The summed E-state index contributed by atoms with van der Waals surface area (Å²) in [5.74, 6) is -1.36. The lowest BCUT2D eigenvalue weighted by Crippen LogP contribution is -2.48. The predicted octanol–water partition coefficient (Wildman–Crippen LogP) is 2.32. The molecule has 1 aliphatic heterocycles. The molecule has 1 aliphatic rings. The summed E-state index contributed by atoms with van der Waals surface area (Å²) in [6.45, 7) is 0.280. The number of carboxylic acid groups (broad SMARTS) is 1. The Morgan fingerprint density at radius 2 is 2.00 bits per heavy atom. The number of carbonyl (C=O) groups is 2. The molecule has 5 nitrogen and oxygen atoms in total. The number of fused-ring (bicyclic) bond motifs is 1. The molecule has 21 heavy (non-hydrogen) atoms. The zero-order valence-corrected chi connectivity index (χ0v) is 11.8. The van der Waals surface area contributed by atoms with E-state index in [9.17, 15) is 14.7 Å². The fourth-order valence-corrected chi connectivity index (χ4v) is 2.77. The van der Waals surface area contributed by atoms with Crippen molar-refractivity contribution in [2.75, 3.05) is 0 Å². The van der Waals surface area contributed by atoms with Crippen molar-refractivity contribution in [2.24, 2.45) is 0 Å². The Labute approximate surface area is 126 Å². The number of carbonyl (C=O) groups excluding carboxylic acids is 1. The highest BCUT2D eigenvalue weighted by Crippen LogP contribution is 2.25. The number of nitrogens with zero attached hydrogens (tertiary/aromatic N) is 1. The molecule has 1 amide bonds. The SMILES string of the molecule is O=C(O)C1Cc2ccccc2CN1C(=O)c1cc(Cl)c[nH]1. The molecule has 2 N–H and O–H groups in total. The summed E-state index contributed by atoms with van der Waals surface area (Å²) in [6.07, 6.45) is 1.81. The molecule has 0 aliphatic carbocycles. The van der Waals surface area contributed by atoms with Crippen LogP contribution in [0.3, 0.4) is 0 Å². The van der Waals surface area contributed by atoms with Crippen LogP contribution in [-0.2, 0) is 17.8 Å². The van der Waals surface area contributed by atoms with Crippen LogP contribution in [0.1, 0.15) is 21.6 Å². The van der Waals surface area contributed by atoms with Crippen molar-refractivity contribution in [1.82, 2.24) is 9.88 Å². The summed E-state index contributed by atoms with van der Waals surface area (Å²) in [4.78, 5) is 28.1. The summed E-state index contributed by atoms with van der Waals surface area (Å²) in [5, 5.41) is 9.82. The lowest BCUT2D eigenvalue weighted by molar-refractivity contribution is -0.142. The average molecular weight is 305 g/mol. The summed E-state index contributed by atoms with van der Waals surface area (Å²) in [6, 6.07) is 8.21. The van der Waals surface area contributed by atoms with Gasteiger partial charge in [0.1, 0.15) is 11.7 Å². The van der Waals surface area contributed by atoms with Gasteiger partial charge in [0.25, 0.3) is 5.91 Å². The van der Waals surface area contributed by atoms with Crippen LogP contribution < -0.4 is 0 Å². The number of halogens is 1. The second-order valence-corrected chi connectivity index (χ2v) is 5.43. The van der Waals surface area contributed by atoms with Crippen molar-refractivity contribution in [3.05, 3.63) is 58.4 Å². The van der Waals surface area contributed by atoms with Crippen LogP contribution in [0.25, 0.3) is 0 Å². The van der Waals surface area contributed by atoms with Crippen LogP contribution in [0.5, 0.6) is 0 Å². The largest absolute Gasteiger partial charge is 0.480 e. The van der Waals surface area contributed by atoms with E-state index in [1.807, 2.05) is 24.3 Å². The first kappa shape index (κ1) is 13.7. The molecule has 0 fully saturated rings. The van der Waals surface area contributed by atoms with Crippen LogP contribution in [-0.4, -0.2) is 32.9 Å². The molecule has 0 radical (unpaired) electrons. The molecule has 1 aromatic carbocycles. The van der Waals surface area contributed by atoms with Crippen molar-refractivity contribution >= 4 is 23.5 Å². The van der Waals surface area contributed by atoms with Gasteiger partial charge in [-0.3, -0.25) is 4.79 Å². The van der Waals surface area contributed by atoms with E-state index in [1.54, 1.807) is 0 Å². The second kappa shape index (κ2) is 5.26. The molecule has 6 heteroatoms. The molecular formula is C15H13ClN2O3. The standard InChI is InChI=1S/C15H13ClN2O3/c16-11-6-12(17-7-11)14(19)18-8-10-4-2-1-3-9(10)5-13(18)15(20)21/h1-4,6-7,13,17H,5,8H2,(H,20,21). The molecule has 1 unspecified atom stereocenters. The monoisotopic (exact) mass is 304 g/mol. The first-order valence-electron chi connectivity index (χ1n) is 6.50. The number of nitrogens with one attached hydrogen (secondary N) is 1. The highest BCUT2D eigenvalue weighted by Gasteiger charge is 2.35. The minimum atomic E-state index is -1.00. The highest BCUT2D eigenvalue weighted by atomic mass is 35.5. The van der Waals surface area contributed by atoms with Crippen LogP contribution in [0.2, 0.25) is 5.02 Å². The zero-order valence-electron chi connectivity index (χ0n) is 11.0. The maximum atomic E-state index is 12.5. The fourth-order valence-electron chi connectivity index (χ4n) is 2.60. The van der Waals surface area contributed by atoms with E-state index in [0.717, 1.165) is 11.1 Å². The summed E-state index contributed by atoms with van der Waals surface area (Å²) in [7, 11) is 0. The number of amides is 1. The molecular weight excluding hydrogens is 292 g/mol. The average Bonchev–Trinajstić information content (AvgIpc) is 2.91. The van der Waals surface area contributed by atoms with Gasteiger partial charge in [-0.25, -0.2) is 4.79 Å². The number of hydrogen-bond acceptors (Lipinski definition) is 2. The van der Waals surface area contributed by atoms with E-state index >= 15 is 0 Å². The van der Waals surface area contributed by atoms with Crippen molar-refractivity contribution in [2.45, 2.75) is 19.0 Å². The molecule has 2 aromatic rings. The highest BCUT2D eigenvalue weighted by molar-refractivity contribution is 6.31. The van der Waals surface area contributed by atoms with E-state index in [2.05, 4.69) is 4.98 Å². The Kier molecular flexibility index (Phi) is 3.43. The van der Waals surface area contributed by atoms with Gasteiger partial charge in [0, 0.05) is 19.2 Å². The van der Waals surface area contributed by atoms with Crippen molar-refractivity contribution < 1.29 is 14.7 Å². The quantitative estimate of drug-likeness (QED) is 0.894. The van der Waals surface area contributed by atoms with Crippen LogP contribution >= 0.6 is 11.6 Å². The number of aromatic amines is 1. The Morgan fingerprint density at radius 1 is 1.29 bits per heavy atom. The second-order valence-electron chi connectivity index (χ2n) is 4.99. The summed E-state index contributed by atoms with van der Waals surface area (Å²) < 4.78 is 0. The molecule has 0 spiro atoms. The van der Waals surface area contributed by atoms with Gasteiger partial charge in [-0.1, -0.05) is 35.9 Å². The number of aromatic nitrogens is 1. The predicted molar refractivity (Wildman–Crippen MR) is 77.2 cm³/mol. The van der Waals surface area contributed by atoms with Gasteiger partial charge in [-0.05, 0) is 17.2 Å². The van der Waals surface area contributed by atoms with E-state index in [4.69, 9.17) is 11.6 Å². The van der Waals surface area contributed by atoms with Crippen LogP contribution in [0.4, 0.5) is 0 Å². The molecule has 0 saturated heterocycles. The van der Waals surface area contributed by atoms with Gasteiger partial charge in [-0.2, -0.15) is 0 Å². The van der Waals surface area contributed by atoms with Gasteiger partial charge in [0.2, 0.25) is 0 Å². The third kappa shape index (κ3) is 2.52. The van der Waals surface area contributed by atoms with Crippen molar-refractivity contribution in [1.29, 1.82) is 0 Å². The minimum Gasteiger partial charge on any atom is -0.480 e. The first-order chi connectivity index (χ1) is 10.1. The molecule has 1 aromatic heterocycles. The van der Waals surface area contributed by atoms with E-state index in [-0.39, 0.29) is 12.5 Å². The Balaban J connectivity index is 1.96. The number of rotatable bonds is 2. The third-order valence-electron chi connectivity index (χ3n) is 3.67. The number of carboxylic acids is 1. The Hall–Kier alpha value is -2.27. The molecule has 3 rings (SSSR count). The topological polar surface area (TPSA) is 73.4 Å². The first-order valence-corrected chi connectivity index (χ1v) is 6.88. The maximum Gasteiger partial charge on any atom is 0.326 e. The lowest BCUT2D eigenvalue weighted by atomic mass is 9.93. The molecule has 0 saturated carbocycles. The number of hydrogen-bond donors (Lipinski definition) is 2. The fraction of sp³-hybridized carbons (Fsp3) is 0.200. The number of benzene rings is 1. The van der Waals surface area contributed by atoms with Gasteiger partial charge >= 0.3 is 5.97 Å².